The van der Waals surface area contributed by atoms with Gasteiger partial charge in [0.1, 0.15) is 5.75 Å². The minimum absolute atomic E-state index is 0.220. The second-order valence-electron chi connectivity index (χ2n) is 4.36. The zero-order valence-electron chi connectivity index (χ0n) is 11.3. The third kappa shape index (κ3) is 3.32. The smallest absolute Gasteiger partial charge is 0.219 e. The highest BCUT2D eigenvalue weighted by Crippen LogP contribution is 2.15. The molecule has 0 aliphatic carbocycles. The van der Waals surface area contributed by atoms with Crippen LogP contribution in [0.25, 0.3) is 0 Å². The standard InChI is InChI=1S/C17H16O3/c1-2-15(18)17(20-14-11-7-4-8-12-14)16(19)13-9-5-3-6-10-13/h3-12,17H,2H2,1H3/t17-/m0/s1. The molecule has 1 atom stereocenters. The number of benzene rings is 2. The molecule has 0 aliphatic rings. The fourth-order valence-electron chi connectivity index (χ4n) is 1.84. The summed E-state index contributed by atoms with van der Waals surface area (Å²) in [5.74, 6) is -0.00686. The van der Waals surface area contributed by atoms with Crippen LogP contribution in [-0.4, -0.2) is 17.7 Å². The molecule has 0 aliphatic heterocycles. The molecule has 2 aromatic rings. The number of carbonyl (C=O) groups is 2. The predicted octanol–water partition coefficient (Wildman–Crippen LogP) is 3.30. The van der Waals surface area contributed by atoms with Crippen molar-refractivity contribution in [3.63, 3.8) is 0 Å². The van der Waals surface area contributed by atoms with E-state index >= 15 is 0 Å². The first-order valence-electron chi connectivity index (χ1n) is 6.56. The van der Waals surface area contributed by atoms with Crippen LogP contribution in [0.15, 0.2) is 60.7 Å². The van der Waals surface area contributed by atoms with Crippen LogP contribution >= 0.6 is 0 Å². The Hall–Kier alpha value is -2.42. The van der Waals surface area contributed by atoms with Gasteiger partial charge in [0.15, 0.2) is 5.78 Å². The van der Waals surface area contributed by atoms with Crippen LogP contribution in [0, 0.1) is 0 Å². The maximum Gasteiger partial charge on any atom is 0.219 e. The lowest BCUT2D eigenvalue weighted by molar-refractivity contribution is -0.123. The van der Waals surface area contributed by atoms with Crippen molar-refractivity contribution in [1.82, 2.24) is 0 Å². The summed E-state index contributed by atoms with van der Waals surface area (Å²) in [7, 11) is 0. The fourth-order valence-corrected chi connectivity index (χ4v) is 1.84. The average Bonchev–Trinajstić information content (AvgIpc) is 2.53. The second-order valence-corrected chi connectivity index (χ2v) is 4.36. The molecule has 0 spiro atoms. The molecule has 20 heavy (non-hydrogen) atoms. The molecule has 3 nitrogen and oxygen atoms in total. The molecule has 0 unspecified atom stereocenters. The quantitative estimate of drug-likeness (QED) is 0.596. The normalized spacial score (nSPS) is 11.7. The monoisotopic (exact) mass is 268 g/mol. The van der Waals surface area contributed by atoms with Gasteiger partial charge >= 0.3 is 0 Å². The molecular weight excluding hydrogens is 252 g/mol. The number of ketones is 2. The summed E-state index contributed by atoms with van der Waals surface area (Å²) >= 11 is 0. The maximum absolute atomic E-state index is 12.4. The van der Waals surface area contributed by atoms with Gasteiger partial charge < -0.3 is 4.74 Å². The molecule has 0 N–H and O–H groups in total. The lowest BCUT2D eigenvalue weighted by Crippen LogP contribution is -2.35. The summed E-state index contributed by atoms with van der Waals surface area (Å²) in [6.45, 7) is 1.72. The van der Waals surface area contributed by atoms with Gasteiger partial charge in [0.25, 0.3) is 0 Å². The van der Waals surface area contributed by atoms with E-state index in [0.717, 1.165) is 0 Å². The predicted molar refractivity (Wildman–Crippen MR) is 76.9 cm³/mol. The number of hydrogen-bond donors (Lipinski definition) is 0. The molecule has 2 rings (SSSR count). The minimum Gasteiger partial charge on any atom is -0.474 e. The van der Waals surface area contributed by atoms with Crippen molar-refractivity contribution in [1.29, 1.82) is 0 Å². The number of ether oxygens (including phenoxy) is 1. The molecule has 102 valence electrons. The number of hydrogen-bond acceptors (Lipinski definition) is 3. The SMILES string of the molecule is CCC(=O)[C@H](Oc1ccccc1)C(=O)c1ccccc1. The molecular formula is C17H16O3. The fraction of sp³-hybridized carbons (Fsp3) is 0.176. The van der Waals surface area contributed by atoms with Crippen molar-refractivity contribution in [3.05, 3.63) is 66.2 Å². The van der Waals surface area contributed by atoms with E-state index in [-0.39, 0.29) is 18.0 Å². The van der Waals surface area contributed by atoms with E-state index in [0.29, 0.717) is 11.3 Å². The first-order chi connectivity index (χ1) is 9.72. The molecule has 0 heterocycles. The van der Waals surface area contributed by atoms with E-state index in [1.165, 1.54) is 0 Å². The van der Waals surface area contributed by atoms with Gasteiger partial charge in [0.2, 0.25) is 11.9 Å². The lowest BCUT2D eigenvalue weighted by atomic mass is 10.0. The van der Waals surface area contributed by atoms with E-state index in [1.807, 2.05) is 12.1 Å². The van der Waals surface area contributed by atoms with Crippen LogP contribution in [0.4, 0.5) is 0 Å². The Balaban J connectivity index is 2.24. The molecule has 0 amide bonds. The van der Waals surface area contributed by atoms with Crippen LogP contribution in [0.1, 0.15) is 23.7 Å². The minimum atomic E-state index is -1.08. The zero-order chi connectivity index (χ0) is 14.4. The van der Waals surface area contributed by atoms with Crippen LogP contribution in [0.3, 0.4) is 0 Å². The largest absolute Gasteiger partial charge is 0.474 e. The summed E-state index contributed by atoms with van der Waals surface area (Å²) in [5.41, 5.74) is 0.482. The van der Waals surface area contributed by atoms with Crippen molar-refractivity contribution in [2.75, 3.05) is 0 Å². The highest BCUT2D eigenvalue weighted by atomic mass is 16.5. The Kier molecular flexibility index (Phi) is 4.66. The summed E-state index contributed by atoms with van der Waals surface area (Å²) in [6, 6.07) is 17.6. The summed E-state index contributed by atoms with van der Waals surface area (Å²) in [5, 5.41) is 0. The van der Waals surface area contributed by atoms with Gasteiger partial charge in [0.05, 0.1) is 0 Å². The topological polar surface area (TPSA) is 43.4 Å². The Bertz CT molecular complexity index is 576. The molecule has 0 radical (unpaired) electrons. The zero-order valence-corrected chi connectivity index (χ0v) is 11.3. The maximum atomic E-state index is 12.4. The van der Waals surface area contributed by atoms with E-state index < -0.39 is 6.10 Å². The molecule has 0 fully saturated rings. The lowest BCUT2D eigenvalue weighted by Gasteiger charge is -2.16. The third-order valence-electron chi connectivity index (χ3n) is 2.93. The first-order valence-corrected chi connectivity index (χ1v) is 6.56. The summed E-state index contributed by atoms with van der Waals surface area (Å²) < 4.78 is 5.58. The highest BCUT2D eigenvalue weighted by molar-refractivity contribution is 6.13. The van der Waals surface area contributed by atoms with Crippen LogP contribution in [-0.2, 0) is 4.79 Å². The Morgan fingerprint density at radius 3 is 2.05 bits per heavy atom. The van der Waals surface area contributed by atoms with Gasteiger partial charge in [-0.3, -0.25) is 9.59 Å². The average molecular weight is 268 g/mol. The van der Waals surface area contributed by atoms with Gasteiger partial charge in [-0.25, -0.2) is 0 Å². The number of Topliss-reactive ketones (excluding diaryl/α,β-unsaturated/α-hetero) is 2. The van der Waals surface area contributed by atoms with Crippen molar-refractivity contribution < 1.29 is 14.3 Å². The molecule has 2 aromatic carbocycles. The summed E-state index contributed by atoms with van der Waals surface area (Å²) in [4.78, 5) is 24.4. The van der Waals surface area contributed by atoms with E-state index in [2.05, 4.69) is 0 Å². The van der Waals surface area contributed by atoms with Crippen molar-refractivity contribution in [2.45, 2.75) is 19.4 Å². The van der Waals surface area contributed by atoms with Crippen LogP contribution < -0.4 is 4.74 Å². The Morgan fingerprint density at radius 1 is 0.950 bits per heavy atom. The van der Waals surface area contributed by atoms with Gasteiger partial charge in [-0.1, -0.05) is 55.5 Å². The second kappa shape index (κ2) is 6.66. The molecule has 0 saturated carbocycles. The Morgan fingerprint density at radius 2 is 1.50 bits per heavy atom. The Labute approximate surface area is 118 Å². The first kappa shape index (κ1) is 14.0. The van der Waals surface area contributed by atoms with Crippen molar-refractivity contribution in [3.8, 4) is 5.75 Å². The number of para-hydroxylation sites is 1. The van der Waals surface area contributed by atoms with Gasteiger partial charge in [-0.2, -0.15) is 0 Å². The number of rotatable bonds is 6. The van der Waals surface area contributed by atoms with Crippen LogP contribution in [0.2, 0.25) is 0 Å². The third-order valence-corrected chi connectivity index (χ3v) is 2.93. The molecule has 0 aromatic heterocycles. The van der Waals surface area contributed by atoms with E-state index in [9.17, 15) is 9.59 Å². The molecule has 0 saturated heterocycles. The van der Waals surface area contributed by atoms with Crippen molar-refractivity contribution in [2.24, 2.45) is 0 Å². The van der Waals surface area contributed by atoms with Crippen LogP contribution in [0.5, 0.6) is 5.75 Å². The van der Waals surface area contributed by atoms with Crippen molar-refractivity contribution >= 4 is 11.6 Å². The van der Waals surface area contributed by atoms with Gasteiger partial charge in [-0.05, 0) is 12.1 Å². The van der Waals surface area contributed by atoms with E-state index in [4.69, 9.17) is 4.74 Å². The summed E-state index contributed by atoms with van der Waals surface area (Å²) in [6.07, 6.45) is -0.819. The van der Waals surface area contributed by atoms with Gasteiger partial charge in [-0.15, -0.1) is 0 Å². The van der Waals surface area contributed by atoms with Gasteiger partial charge in [0, 0.05) is 12.0 Å². The van der Waals surface area contributed by atoms with E-state index in [1.54, 1.807) is 55.5 Å². The molecule has 0 bridgehead atoms. The number of carbonyl (C=O) groups excluding carboxylic acids is 2. The molecule has 3 heteroatoms. The highest BCUT2D eigenvalue weighted by Gasteiger charge is 2.28.